The summed E-state index contributed by atoms with van der Waals surface area (Å²) in [5.41, 5.74) is 1.64. The number of para-hydroxylation sites is 1. The van der Waals surface area contributed by atoms with Crippen LogP contribution in [-0.2, 0) is 4.74 Å². The van der Waals surface area contributed by atoms with Gasteiger partial charge in [-0.3, -0.25) is 0 Å². The van der Waals surface area contributed by atoms with E-state index in [1.54, 1.807) is 10.9 Å². The maximum Gasteiger partial charge on any atom is 0.322 e. The number of carbonyl (C=O) groups excluding carboxylic acids is 1. The Morgan fingerprint density at radius 2 is 2.13 bits per heavy atom. The summed E-state index contributed by atoms with van der Waals surface area (Å²) in [7, 11) is 0. The van der Waals surface area contributed by atoms with Crippen molar-refractivity contribution in [1.82, 2.24) is 14.7 Å². The minimum Gasteiger partial charge on any atom is -0.372 e. The molecule has 2 unspecified atom stereocenters. The van der Waals surface area contributed by atoms with Crippen LogP contribution in [0.4, 0.5) is 10.5 Å². The molecule has 1 aromatic heterocycles. The summed E-state index contributed by atoms with van der Waals surface area (Å²) in [5.74, 6) is 0. The predicted molar refractivity (Wildman–Crippen MR) is 88.8 cm³/mol. The zero-order valence-electron chi connectivity index (χ0n) is 13.5. The maximum atomic E-state index is 12.4. The Kier molecular flexibility index (Phi) is 4.62. The molecule has 0 spiro atoms. The smallest absolute Gasteiger partial charge is 0.322 e. The van der Waals surface area contributed by atoms with E-state index >= 15 is 0 Å². The number of hydrogen-bond donors (Lipinski definition) is 1. The van der Waals surface area contributed by atoms with E-state index in [4.69, 9.17) is 4.74 Å². The Labute approximate surface area is 136 Å². The Morgan fingerprint density at radius 3 is 2.87 bits per heavy atom. The van der Waals surface area contributed by atoms with Crippen molar-refractivity contribution >= 4 is 11.7 Å². The third-order valence-corrected chi connectivity index (χ3v) is 3.92. The number of nitrogens with zero attached hydrogens (tertiary/aromatic N) is 3. The minimum absolute atomic E-state index is 0.0616. The topological polar surface area (TPSA) is 59.4 Å². The van der Waals surface area contributed by atoms with E-state index in [9.17, 15) is 4.79 Å². The lowest BCUT2D eigenvalue weighted by Crippen LogP contribution is -2.50. The van der Waals surface area contributed by atoms with Gasteiger partial charge in [0.15, 0.2) is 0 Å². The molecule has 0 aliphatic carbocycles. The van der Waals surface area contributed by atoms with Gasteiger partial charge in [0.1, 0.15) is 0 Å². The summed E-state index contributed by atoms with van der Waals surface area (Å²) in [5, 5.41) is 7.20. The largest absolute Gasteiger partial charge is 0.372 e. The molecule has 1 aliphatic rings. The van der Waals surface area contributed by atoms with Crippen LogP contribution in [0.25, 0.3) is 5.69 Å². The minimum atomic E-state index is -0.105. The fraction of sp³-hybridized carbons (Fsp3) is 0.412. The van der Waals surface area contributed by atoms with Crippen molar-refractivity contribution in [2.75, 3.05) is 18.4 Å². The van der Waals surface area contributed by atoms with E-state index in [1.165, 1.54) is 0 Å². The van der Waals surface area contributed by atoms with Gasteiger partial charge >= 0.3 is 6.03 Å². The van der Waals surface area contributed by atoms with Crippen molar-refractivity contribution in [2.45, 2.75) is 32.5 Å². The van der Waals surface area contributed by atoms with Crippen molar-refractivity contribution in [3.05, 3.63) is 42.7 Å². The van der Waals surface area contributed by atoms with Gasteiger partial charge in [0.25, 0.3) is 0 Å². The number of hydrogen-bond acceptors (Lipinski definition) is 3. The second-order valence-electron chi connectivity index (χ2n) is 5.82. The molecule has 1 aliphatic heterocycles. The second-order valence-corrected chi connectivity index (χ2v) is 5.82. The van der Waals surface area contributed by atoms with Crippen LogP contribution >= 0.6 is 0 Å². The van der Waals surface area contributed by atoms with Crippen molar-refractivity contribution in [1.29, 1.82) is 0 Å². The molecular formula is C17H22N4O2. The van der Waals surface area contributed by atoms with Crippen LogP contribution in [0.15, 0.2) is 42.7 Å². The van der Waals surface area contributed by atoms with Gasteiger partial charge in [-0.05, 0) is 25.5 Å². The summed E-state index contributed by atoms with van der Waals surface area (Å²) >= 11 is 0. The number of aromatic nitrogens is 2. The lowest BCUT2D eigenvalue weighted by atomic mass is 10.2. The van der Waals surface area contributed by atoms with Crippen molar-refractivity contribution in [2.24, 2.45) is 0 Å². The molecule has 6 nitrogen and oxygen atoms in total. The average molecular weight is 314 g/mol. The van der Waals surface area contributed by atoms with Gasteiger partial charge in [0.2, 0.25) is 0 Å². The Bertz CT molecular complexity index is 656. The highest BCUT2D eigenvalue weighted by molar-refractivity contribution is 5.89. The lowest BCUT2D eigenvalue weighted by Gasteiger charge is -2.36. The number of rotatable bonds is 3. The molecule has 2 amide bonds. The molecule has 0 saturated carbocycles. The fourth-order valence-corrected chi connectivity index (χ4v) is 2.75. The molecule has 6 heteroatoms. The van der Waals surface area contributed by atoms with Crippen LogP contribution in [0.3, 0.4) is 0 Å². The predicted octanol–water partition coefficient (Wildman–Crippen LogP) is 2.90. The first-order chi connectivity index (χ1) is 11.2. The maximum absolute atomic E-state index is 12.4. The van der Waals surface area contributed by atoms with E-state index in [-0.39, 0.29) is 18.2 Å². The Hall–Kier alpha value is -2.34. The van der Waals surface area contributed by atoms with Crippen LogP contribution in [0, 0.1) is 0 Å². The highest BCUT2D eigenvalue weighted by atomic mass is 16.5. The fourth-order valence-electron chi connectivity index (χ4n) is 2.75. The molecule has 0 radical (unpaired) electrons. The molecule has 2 heterocycles. The second kappa shape index (κ2) is 6.83. The first-order valence-corrected chi connectivity index (χ1v) is 7.97. The van der Waals surface area contributed by atoms with Crippen molar-refractivity contribution in [3.8, 4) is 5.69 Å². The van der Waals surface area contributed by atoms with E-state index in [2.05, 4.69) is 17.3 Å². The zero-order chi connectivity index (χ0) is 16.2. The van der Waals surface area contributed by atoms with E-state index in [0.29, 0.717) is 18.8 Å². The van der Waals surface area contributed by atoms with Crippen LogP contribution in [0.1, 0.15) is 20.3 Å². The highest BCUT2D eigenvalue weighted by Gasteiger charge is 2.27. The molecule has 0 bridgehead atoms. The highest BCUT2D eigenvalue weighted by Crippen LogP contribution is 2.16. The third kappa shape index (κ3) is 3.71. The summed E-state index contributed by atoms with van der Waals surface area (Å²) < 4.78 is 7.53. The van der Waals surface area contributed by atoms with E-state index in [1.807, 2.05) is 48.4 Å². The van der Waals surface area contributed by atoms with Gasteiger partial charge in [-0.15, -0.1) is 0 Å². The normalized spacial score (nSPS) is 21.2. The first-order valence-electron chi connectivity index (χ1n) is 7.97. The summed E-state index contributed by atoms with van der Waals surface area (Å²) in [6.45, 7) is 5.30. The number of carbonyl (C=O) groups is 1. The Morgan fingerprint density at radius 1 is 1.35 bits per heavy atom. The van der Waals surface area contributed by atoms with Crippen molar-refractivity contribution in [3.63, 3.8) is 0 Å². The molecule has 122 valence electrons. The molecule has 1 fully saturated rings. The number of anilines is 1. The standard InChI is InChI=1S/C17H22N4O2/c1-3-16-12-20(10-13(2)23-16)17(22)19-14-9-18-21(11-14)15-7-5-4-6-8-15/h4-9,11,13,16H,3,10,12H2,1-2H3,(H,19,22). The van der Waals surface area contributed by atoms with Gasteiger partial charge < -0.3 is 15.0 Å². The molecule has 1 N–H and O–H groups in total. The molecule has 2 aromatic rings. The summed E-state index contributed by atoms with van der Waals surface area (Å²) in [4.78, 5) is 14.3. The molecule has 23 heavy (non-hydrogen) atoms. The lowest BCUT2D eigenvalue weighted by molar-refractivity contribution is -0.0632. The van der Waals surface area contributed by atoms with Crippen LogP contribution in [0.5, 0.6) is 0 Å². The number of urea groups is 1. The van der Waals surface area contributed by atoms with Crippen LogP contribution in [0.2, 0.25) is 0 Å². The average Bonchev–Trinajstić information content (AvgIpc) is 3.03. The number of benzene rings is 1. The SMILES string of the molecule is CCC1CN(C(=O)Nc2cnn(-c3ccccc3)c2)CC(C)O1. The van der Waals surface area contributed by atoms with Crippen LogP contribution < -0.4 is 5.32 Å². The Balaban J connectivity index is 1.65. The van der Waals surface area contributed by atoms with Crippen molar-refractivity contribution < 1.29 is 9.53 Å². The number of nitrogens with one attached hydrogen (secondary N) is 1. The number of amides is 2. The summed E-state index contributed by atoms with van der Waals surface area (Å²) in [6.07, 6.45) is 4.55. The van der Waals surface area contributed by atoms with E-state index in [0.717, 1.165) is 12.1 Å². The number of morpholine rings is 1. The first kappa shape index (κ1) is 15.6. The van der Waals surface area contributed by atoms with Gasteiger partial charge in [0, 0.05) is 13.1 Å². The zero-order valence-corrected chi connectivity index (χ0v) is 13.5. The molecule has 3 rings (SSSR count). The summed E-state index contributed by atoms with van der Waals surface area (Å²) in [6, 6.07) is 9.69. The van der Waals surface area contributed by atoms with Gasteiger partial charge in [-0.1, -0.05) is 25.1 Å². The van der Waals surface area contributed by atoms with Gasteiger partial charge in [-0.2, -0.15) is 5.10 Å². The number of ether oxygens (including phenoxy) is 1. The monoisotopic (exact) mass is 314 g/mol. The third-order valence-electron chi connectivity index (χ3n) is 3.92. The quantitative estimate of drug-likeness (QED) is 0.947. The molecule has 2 atom stereocenters. The van der Waals surface area contributed by atoms with Crippen LogP contribution in [-0.4, -0.2) is 46.0 Å². The molecule has 1 saturated heterocycles. The van der Waals surface area contributed by atoms with Gasteiger partial charge in [-0.25, -0.2) is 9.48 Å². The molecule has 1 aromatic carbocycles. The molecular weight excluding hydrogens is 292 g/mol. The van der Waals surface area contributed by atoms with Gasteiger partial charge in [0.05, 0.1) is 36.0 Å². The van der Waals surface area contributed by atoms with E-state index < -0.39 is 0 Å².